The summed E-state index contributed by atoms with van der Waals surface area (Å²) >= 11 is 0. The van der Waals surface area contributed by atoms with Gasteiger partial charge in [0.15, 0.2) is 5.82 Å². The lowest BCUT2D eigenvalue weighted by molar-refractivity contribution is 0.222. The van der Waals surface area contributed by atoms with E-state index < -0.39 is 5.82 Å². The Balaban J connectivity index is 1.51. The number of fused-ring (bicyclic) bond motifs is 2. The summed E-state index contributed by atoms with van der Waals surface area (Å²) in [5.74, 6) is -0.101. The van der Waals surface area contributed by atoms with Gasteiger partial charge in [0.1, 0.15) is 22.7 Å². The van der Waals surface area contributed by atoms with Crippen molar-refractivity contribution in [1.82, 2.24) is 24.6 Å². The first-order valence-electron chi connectivity index (χ1n) is 10.3. The summed E-state index contributed by atoms with van der Waals surface area (Å²) in [6, 6.07) is 6.76. The Morgan fingerprint density at radius 2 is 1.80 bits per heavy atom. The van der Waals surface area contributed by atoms with Crippen molar-refractivity contribution < 1.29 is 8.78 Å². The fourth-order valence-electron chi connectivity index (χ4n) is 4.48. The van der Waals surface area contributed by atoms with Gasteiger partial charge in [-0.3, -0.25) is 4.68 Å². The second-order valence-corrected chi connectivity index (χ2v) is 8.01. The third kappa shape index (κ3) is 3.23. The fourth-order valence-corrected chi connectivity index (χ4v) is 4.48. The van der Waals surface area contributed by atoms with E-state index >= 15 is 0 Å². The molecule has 30 heavy (non-hydrogen) atoms. The lowest BCUT2D eigenvalue weighted by Gasteiger charge is -2.31. The Bertz CT molecular complexity index is 1240. The summed E-state index contributed by atoms with van der Waals surface area (Å²) in [6.07, 6.45) is 5.29. The molecule has 1 fully saturated rings. The van der Waals surface area contributed by atoms with Gasteiger partial charge in [-0.15, -0.1) is 0 Å². The first-order chi connectivity index (χ1) is 14.5. The van der Waals surface area contributed by atoms with Crippen LogP contribution in [0.4, 0.5) is 8.78 Å². The SMILES string of the molecule is CCN1CCC(c2cc(F)c3nc(-c4cc(F)c5c(cnn5C)c4)ncc3c2)CC1. The third-order valence-electron chi connectivity index (χ3n) is 6.21. The third-order valence-corrected chi connectivity index (χ3v) is 6.21. The largest absolute Gasteiger partial charge is 0.304 e. The number of nitrogens with zero attached hydrogens (tertiary/aromatic N) is 5. The van der Waals surface area contributed by atoms with Crippen LogP contribution in [0.5, 0.6) is 0 Å². The predicted molar refractivity (Wildman–Crippen MR) is 113 cm³/mol. The van der Waals surface area contributed by atoms with E-state index in [-0.39, 0.29) is 11.3 Å². The van der Waals surface area contributed by atoms with Gasteiger partial charge in [-0.1, -0.05) is 6.92 Å². The van der Waals surface area contributed by atoms with Crippen molar-refractivity contribution in [3.8, 4) is 11.4 Å². The molecule has 7 heteroatoms. The van der Waals surface area contributed by atoms with Crippen LogP contribution in [-0.2, 0) is 7.05 Å². The van der Waals surface area contributed by atoms with Crippen LogP contribution >= 0.6 is 0 Å². The van der Waals surface area contributed by atoms with Crippen LogP contribution in [0, 0.1) is 11.6 Å². The van der Waals surface area contributed by atoms with Crippen LogP contribution < -0.4 is 0 Å². The topological polar surface area (TPSA) is 46.8 Å². The molecule has 3 heterocycles. The molecule has 4 aromatic rings. The van der Waals surface area contributed by atoms with Crippen LogP contribution in [0.2, 0.25) is 0 Å². The lowest BCUT2D eigenvalue weighted by Crippen LogP contribution is -2.32. The monoisotopic (exact) mass is 407 g/mol. The van der Waals surface area contributed by atoms with E-state index in [1.54, 1.807) is 31.6 Å². The Hall–Kier alpha value is -2.93. The summed E-state index contributed by atoms with van der Waals surface area (Å²) in [5, 5.41) is 5.43. The Labute approximate surface area is 173 Å². The molecule has 1 saturated heterocycles. The quantitative estimate of drug-likeness (QED) is 0.496. The first-order valence-corrected chi connectivity index (χ1v) is 10.3. The molecule has 0 N–H and O–H groups in total. The van der Waals surface area contributed by atoms with E-state index in [1.165, 1.54) is 10.7 Å². The molecule has 5 rings (SSSR count). The van der Waals surface area contributed by atoms with Crippen LogP contribution in [-0.4, -0.2) is 44.3 Å². The maximum atomic E-state index is 15.0. The maximum Gasteiger partial charge on any atom is 0.160 e. The minimum absolute atomic E-state index is 0.265. The zero-order chi connectivity index (χ0) is 20.8. The average Bonchev–Trinajstić information content (AvgIpc) is 3.14. The second kappa shape index (κ2) is 7.40. The van der Waals surface area contributed by atoms with Crippen LogP contribution in [0.3, 0.4) is 0 Å². The summed E-state index contributed by atoms with van der Waals surface area (Å²) in [7, 11) is 1.69. The predicted octanol–water partition coefficient (Wildman–Crippen LogP) is 4.66. The van der Waals surface area contributed by atoms with Crippen molar-refractivity contribution >= 4 is 21.8 Å². The number of halogens is 2. The second-order valence-electron chi connectivity index (χ2n) is 8.01. The molecular weight excluding hydrogens is 384 g/mol. The maximum absolute atomic E-state index is 15.0. The molecule has 0 bridgehead atoms. The molecule has 0 unspecified atom stereocenters. The number of hydrogen-bond acceptors (Lipinski definition) is 4. The minimum atomic E-state index is -0.402. The summed E-state index contributed by atoms with van der Waals surface area (Å²) < 4.78 is 31.0. The Morgan fingerprint density at radius 3 is 2.57 bits per heavy atom. The van der Waals surface area contributed by atoms with E-state index in [0.717, 1.165) is 38.0 Å². The number of aryl methyl sites for hydroxylation is 1. The number of benzene rings is 2. The minimum Gasteiger partial charge on any atom is -0.304 e. The number of aromatic nitrogens is 4. The Kier molecular flexibility index (Phi) is 4.70. The first kappa shape index (κ1) is 19.1. The van der Waals surface area contributed by atoms with Gasteiger partial charge in [0.25, 0.3) is 0 Å². The fraction of sp³-hybridized carbons (Fsp3) is 0.348. The van der Waals surface area contributed by atoms with Gasteiger partial charge in [0, 0.05) is 29.6 Å². The molecule has 0 saturated carbocycles. The molecule has 0 aliphatic carbocycles. The van der Waals surface area contributed by atoms with E-state index in [0.29, 0.717) is 33.6 Å². The van der Waals surface area contributed by atoms with Gasteiger partial charge in [0.05, 0.1) is 6.20 Å². The molecule has 1 aliphatic rings. The average molecular weight is 407 g/mol. The smallest absolute Gasteiger partial charge is 0.160 e. The van der Waals surface area contributed by atoms with Gasteiger partial charge >= 0.3 is 0 Å². The van der Waals surface area contributed by atoms with Crippen molar-refractivity contribution in [3.63, 3.8) is 0 Å². The van der Waals surface area contributed by atoms with Crippen molar-refractivity contribution in [2.24, 2.45) is 7.05 Å². The standard InChI is InChI=1S/C23H23F2N5/c1-3-30-6-4-14(5-7-30)15-8-17-12-26-23(28-21(17)19(24)10-15)16-9-18-13-27-29(2)22(18)20(25)11-16/h8-14H,3-7H2,1-2H3. The molecule has 154 valence electrons. The van der Waals surface area contributed by atoms with Crippen LogP contribution in [0.1, 0.15) is 31.2 Å². The highest BCUT2D eigenvalue weighted by Gasteiger charge is 2.21. The summed E-state index contributed by atoms with van der Waals surface area (Å²) in [6.45, 7) is 5.31. The number of rotatable bonds is 3. The van der Waals surface area contributed by atoms with E-state index in [4.69, 9.17) is 0 Å². The number of piperidine rings is 1. The highest BCUT2D eigenvalue weighted by Crippen LogP contribution is 2.32. The molecule has 0 radical (unpaired) electrons. The van der Waals surface area contributed by atoms with E-state index in [9.17, 15) is 8.78 Å². The Morgan fingerprint density at radius 1 is 1.00 bits per heavy atom. The molecule has 0 spiro atoms. The van der Waals surface area contributed by atoms with Gasteiger partial charge in [-0.25, -0.2) is 18.7 Å². The summed E-state index contributed by atoms with van der Waals surface area (Å²) in [5.41, 5.74) is 2.20. The van der Waals surface area contributed by atoms with Crippen LogP contribution in [0.25, 0.3) is 33.2 Å². The lowest BCUT2D eigenvalue weighted by atomic mass is 9.88. The van der Waals surface area contributed by atoms with Gasteiger partial charge in [-0.05, 0) is 68.2 Å². The van der Waals surface area contributed by atoms with Crippen molar-refractivity contribution in [1.29, 1.82) is 0 Å². The summed E-state index contributed by atoms with van der Waals surface area (Å²) in [4.78, 5) is 11.2. The van der Waals surface area contributed by atoms with Crippen molar-refractivity contribution in [3.05, 3.63) is 53.9 Å². The molecule has 0 amide bonds. The zero-order valence-corrected chi connectivity index (χ0v) is 17.1. The van der Waals surface area contributed by atoms with Gasteiger partial charge in [-0.2, -0.15) is 5.10 Å². The molecule has 2 aromatic carbocycles. The van der Waals surface area contributed by atoms with Gasteiger partial charge in [0.2, 0.25) is 0 Å². The number of likely N-dealkylation sites (tertiary alicyclic amines) is 1. The normalized spacial score (nSPS) is 16.0. The molecule has 0 atom stereocenters. The highest BCUT2D eigenvalue weighted by atomic mass is 19.1. The molecule has 1 aliphatic heterocycles. The zero-order valence-electron chi connectivity index (χ0n) is 17.1. The van der Waals surface area contributed by atoms with Crippen molar-refractivity contribution in [2.45, 2.75) is 25.7 Å². The highest BCUT2D eigenvalue weighted by molar-refractivity contribution is 5.86. The van der Waals surface area contributed by atoms with E-state index in [1.807, 2.05) is 6.07 Å². The van der Waals surface area contributed by atoms with Gasteiger partial charge < -0.3 is 4.90 Å². The van der Waals surface area contributed by atoms with Crippen molar-refractivity contribution in [2.75, 3.05) is 19.6 Å². The molecule has 5 nitrogen and oxygen atoms in total. The number of hydrogen-bond donors (Lipinski definition) is 0. The molecule has 2 aromatic heterocycles. The molecular formula is C23H23F2N5. The van der Waals surface area contributed by atoms with E-state index in [2.05, 4.69) is 26.9 Å². The van der Waals surface area contributed by atoms with Crippen LogP contribution in [0.15, 0.2) is 36.7 Å².